The van der Waals surface area contributed by atoms with Crippen molar-refractivity contribution in [3.8, 4) is 17.2 Å². The lowest BCUT2D eigenvalue weighted by Gasteiger charge is -2.59. The second kappa shape index (κ2) is 19.2. The van der Waals surface area contributed by atoms with Crippen LogP contribution in [0.15, 0.2) is 78.0 Å². The van der Waals surface area contributed by atoms with Gasteiger partial charge in [0.2, 0.25) is 0 Å². The SMILES string of the molecule is COC(=O)N1CC[C@@H](N2CC3(CCN(c4ccc(C(=O)NS(=O)(=O)c5cc6c(c([N+](=O)[O-])c5)N[C@@H]([C@H]5CC[C@](C)(O)CC5)CO6)c(Oc5cnc6[nH]cc(F)c6c5)c4)CC3)C2)[C@@H](c2ccccc2C(C)C)C1. The number of aromatic nitrogens is 2. The number of carbonyl (C=O) groups excluding carboxylic acids is 2. The van der Waals surface area contributed by atoms with Gasteiger partial charge in [-0.25, -0.2) is 27.3 Å². The van der Waals surface area contributed by atoms with Gasteiger partial charge in [0.25, 0.3) is 21.6 Å². The van der Waals surface area contributed by atoms with Crippen molar-refractivity contribution in [2.75, 3.05) is 63.2 Å². The number of H-pyrrole nitrogens is 1. The minimum absolute atomic E-state index is 0.0161. The molecule has 1 spiro atoms. The van der Waals surface area contributed by atoms with Crippen LogP contribution in [-0.4, -0.2) is 121 Å². The molecular formula is C52H61FN8O10S. The first-order chi connectivity index (χ1) is 34.4. The number of rotatable bonds is 11. The van der Waals surface area contributed by atoms with Gasteiger partial charge in [0, 0.05) is 81.3 Å². The lowest BCUT2D eigenvalue weighted by Crippen LogP contribution is -2.65. The number of amides is 2. The molecule has 5 aromatic rings. The van der Waals surface area contributed by atoms with Crippen molar-refractivity contribution in [1.29, 1.82) is 0 Å². The fourth-order valence-corrected chi connectivity index (χ4v) is 12.8. The third-order valence-electron chi connectivity index (χ3n) is 15.9. The van der Waals surface area contributed by atoms with Gasteiger partial charge in [-0.1, -0.05) is 38.1 Å². The summed E-state index contributed by atoms with van der Waals surface area (Å²) in [6, 6.07) is 16.9. The van der Waals surface area contributed by atoms with Crippen molar-refractivity contribution in [3.05, 3.63) is 106 Å². The summed E-state index contributed by atoms with van der Waals surface area (Å²) < 4.78 is 62.2. The molecule has 4 N–H and O–H groups in total. The fourth-order valence-electron chi connectivity index (χ4n) is 11.8. The number of anilines is 2. The standard InChI is InChI=1S/C52H61FN8O10S/c1-31(2)36-7-5-6-8-37(36)40-27-59(50(63)69-4)18-13-43(40)60-29-52(30-60)16-19-58(20-17-52)33-9-10-38(45(21-33)71-34-22-39-41(53)26-55-48(39)54-25-34)49(62)57-72(67,68)35-23-44(61(65)66)47-46(24-35)70-28-42(56-47)32-11-14-51(3,64)15-12-32/h5-10,21-26,31-32,40,42-43,56,64H,11-20,27-30H2,1-4H3,(H,54,55)(H,57,62)/t32-,40-,42-,43-,51-/m1/s1. The number of pyridine rings is 1. The van der Waals surface area contributed by atoms with Crippen molar-refractivity contribution < 1.29 is 46.6 Å². The van der Waals surface area contributed by atoms with E-state index in [9.17, 15) is 37.6 Å². The predicted molar refractivity (Wildman–Crippen MR) is 267 cm³/mol. The van der Waals surface area contributed by atoms with Crippen molar-refractivity contribution >= 4 is 50.1 Å². The van der Waals surface area contributed by atoms with Gasteiger partial charge in [-0.05, 0) is 98.4 Å². The molecule has 0 bridgehead atoms. The number of sulfonamides is 1. The van der Waals surface area contributed by atoms with E-state index in [0.717, 1.165) is 50.2 Å². The Morgan fingerprint density at radius 3 is 2.50 bits per heavy atom. The normalized spacial score (nSPS) is 24.2. The highest BCUT2D eigenvalue weighted by atomic mass is 32.2. The number of nitrogens with one attached hydrogen (secondary N) is 3. The first-order valence-corrected chi connectivity index (χ1v) is 26.2. The van der Waals surface area contributed by atoms with Gasteiger partial charge in [-0.15, -0.1) is 0 Å². The molecule has 382 valence electrons. The number of nitrogens with zero attached hydrogens (tertiary/aromatic N) is 5. The fraction of sp³-hybridized carbons (Fsp3) is 0.481. The van der Waals surface area contributed by atoms with Gasteiger partial charge in [-0.3, -0.25) is 19.8 Å². The van der Waals surface area contributed by atoms with Gasteiger partial charge in [0.05, 0.1) is 45.7 Å². The molecule has 3 saturated heterocycles. The van der Waals surface area contributed by atoms with Gasteiger partial charge < -0.3 is 39.4 Å². The van der Waals surface area contributed by atoms with Gasteiger partial charge in [-0.2, -0.15) is 0 Å². The van der Waals surface area contributed by atoms with E-state index in [-0.39, 0.29) is 81.6 Å². The van der Waals surface area contributed by atoms with Crippen LogP contribution in [0.2, 0.25) is 0 Å². The molecule has 0 radical (unpaired) electrons. The molecule has 18 nitrogen and oxygen atoms in total. The number of piperidine rings is 2. The minimum Gasteiger partial charge on any atom is -0.489 e. The van der Waals surface area contributed by atoms with E-state index < -0.39 is 42.9 Å². The molecule has 2 aromatic heterocycles. The van der Waals surface area contributed by atoms with E-state index in [0.29, 0.717) is 57.8 Å². The Bertz CT molecular complexity index is 3010. The summed E-state index contributed by atoms with van der Waals surface area (Å²) in [5.41, 5.74) is 2.26. The van der Waals surface area contributed by atoms with Crippen LogP contribution in [0.5, 0.6) is 17.2 Å². The maximum absolute atomic E-state index is 14.7. The first-order valence-electron chi connectivity index (χ1n) is 24.8. The highest BCUT2D eigenvalue weighted by Crippen LogP contribution is 2.48. The summed E-state index contributed by atoms with van der Waals surface area (Å²) in [6.45, 7) is 10.8. The second-order valence-electron chi connectivity index (χ2n) is 20.9. The second-order valence-corrected chi connectivity index (χ2v) is 22.6. The Morgan fingerprint density at radius 1 is 1.03 bits per heavy atom. The molecule has 6 heterocycles. The smallest absolute Gasteiger partial charge is 0.409 e. The topological polar surface area (TPSA) is 222 Å². The zero-order valence-corrected chi connectivity index (χ0v) is 41.7. The average molecular weight is 1010 g/mol. The molecule has 3 atom stereocenters. The molecule has 2 amide bonds. The molecule has 1 aliphatic carbocycles. The van der Waals surface area contributed by atoms with Crippen molar-refractivity contribution in [3.63, 3.8) is 0 Å². The molecule has 0 unspecified atom stereocenters. The molecule has 5 aliphatic rings. The zero-order chi connectivity index (χ0) is 50.7. The molecule has 3 aromatic carbocycles. The lowest BCUT2D eigenvalue weighted by atomic mass is 9.69. The Balaban J connectivity index is 0.863. The number of aliphatic hydroxyl groups is 1. The van der Waals surface area contributed by atoms with Crippen LogP contribution >= 0.6 is 0 Å². The monoisotopic (exact) mass is 1010 g/mol. The number of aromatic amines is 1. The molecule has 4 aliphatic heterocycles. The number of nitro benzene ring substituents is 1. The van der Waals surface area contributed by atoms with E-state index in [1.54, 1.807) is 19.1 Å². The number of likely N-dealkylation sites (tertiary alicyclic amines) is 2. The number of nitro groups is 1. The minimum atomic E-state index is -4.75. The number of benzene rings is 3. The number of halogens is 1. The third-order valence-corrected chi connectivity index (χ3v) is 17.2. The summed E-state index contributed by atoms with van der Waals surface area (Å²) in [6.07, 6.45) is 7.39. The molecule has 4 fully saturated rings. The van der Waals surface area contributed by atoms with Crippen LogP contribution in [0.1, 0.15) is 99.0 Å². The highest BCUT2D eigenvalue weighted by molar-refractivity contribution is 7.90. The largest absolute Gasteiger partial charge is 0.489 e. The summed E-state index contributed by atoms with van der Waals surface area (Å²) >= 11 is 0. The average Bonchev–Trinajstić information content (AvgIpc) is 3.73. The Labute approximate surface area is 417 Å². The van der Waals surface area contributed by atoms with Crippen LogP contribution < -0.4 is 24.4 Å². The summed E-state index contributed by atoms with van der Waals surface area (Å²) in [4.78, 5) is 51.7. The van der Waals surface area contributed by atoms with Crippen LogP contribution in [0, 0.1) is 27.3 Å². The predicted octanol–water partition coefficient (Wildman–Crippen LogP) is 8.29. The molecule has 1 saturated carbocycles. The number of fused-ring (bicyclic) bond motifs is 2. The highest BCUT2D eigenvalue weighted by Gasteiger charge is 2.50. The Kier molecular flexibility index (Phi) is 13.1. The Morgan fingerprint density at radius 2 is 1.78 bits per heavy atom. The summed E-state index contributed by atoms with van der Waals surface area (Å²) in [7, 11) is -3.32. The van der Waals surface area contributed by atoms with E-state index in [1.807, 2.05) is 4.90 Å². The van der Waals surface area contributed by atoms with Crippen LogP contribution in [0.25, 0.3) is 11.0 Å². The van der Waals surface area contributed by atoms with Gasteiger partial charge in [0.15, 0.2) is 11.4 Å². The molecular weight excluding hydrogens is 948 g/mol. The molecule has 72 heavy (non-hydrogen) atoms. The molecule has 20 heteroatoms. The summed E-state index contributed by atoms with van der Waals surface area (Å²) in [5, 5.41) is 26.2. The van der Waals surface area contributed by atoms with E-state index >= 15 is 0 Å². The van der Waals surface area contributed by atoms with Gasteiger partial charge >= 0.3 is 6.09 Å². The number of hydrogen-bond acceptors (Lipinski definition) is 14. The van der Waals surface area contributed by atoms with E-state index in [1.165, 1.54) is 42.8 Å². The summed E-state index contributed by atoms with van der Waals surface area (Å²) in [5.74, 6) is -1.05. The lowest BCUT2D eigenvalue weighted by molar-refractivity contribution is -0.384. The van der Waals surface area contributed by atoms with Crippen LogP contribution in [-0.2, 0) is 14.8 Å². The maximum atomic E-state index is 14.7. The first kappa shape index (κ1) is 49.1. The number of methoxy groups -OCH3 is 1. The van der Waals surface area contributed by atoms with E-state index in [2.05, 4.69) is 67.9 Å². The van der Waals surface area contributed by atoms with Crippen LogP contribution in [0.3, 0.4) is 0 Å². The number of hydrogen-bond donors (Lipinski definition) is 4. The van der Waals surface area contributed by atoms with Crippen LogP contribution in [0.4, 0.5) is 26.2 Å². The Hall–Kier alpha value is -6.51. The van der Waals surface area contributed by atoms with Crippen molar-refractivity contribution in [1.82, 2.24) is 24.5 Å². The molecule has 10 rings (SSSR count). The van der Waals surface area contributed by atoms with Crippen molar-refractivity contribution in [2.24, 2.45) is 11.3 Å². The van der Waals surface area contributed by atoms with Crippen molar-refractivity contribution in [2.45, 2.75) is 100 Å². The number of carbonyl (C=O) groups is 2. The van der Waals surface area contributed by atoms with E-state index in [4.69, 9.17) is 14.2 Å². The third kappa shape index (κ3) is 9.63. The maximum Gasteiger partial charge on any atom is 0.409 e. The zero-order valence-electron chi connectivity index (χ0n) is 40.9. The number of ether oxygens (including phenoxy) is 3. The van der Waals surface area contributed by atoms with Gasteiger partial charge in [0.1, 0.15) is 29.6 Å². The quantitative estimate of drug-likeness (QED) is 0.0723.